The Balaban J connectivity index is 2.37. The number of rotatable bonds is 4. The van der Waals surface area contributed by atoms with Crippen LogP contribution < -0.4 is 10.5 Å². The Morgan fingerprint density at radius 2 is 1.38 bits per heavy atom. The molecule has 4 nitrogen and oxygen atoms in total. The molecule has 1 fully saturated rings. The number of hydrogen-bond acceptors (Lipinski definition) is 3. The van der Waals surface area contributed by atoms with Gasteiger partial charge in [0.1, 0.15) is 0 Å². The van der Waals surface area contributed by atoms with Gasteiger partial charge in [0.05, 0.1) is 4.90 Å². The quantitative estimate of drug-likeness (QED) is 0.896. The molecular formula is C16H26N2O2S. The van der Waals surface area contributed by atoms with Gasteiger partial charge in [-0.25, -0.2) is 13.1 Å². The lowest BCUT2D eigenvalue weighted by Crippen LogP contribution is -2.46. The largest absolute Gasteiger partial charge is 0.330 e. The van der Waals surface area contributed by atoms with Crippen LogP contribution in [0.1, 0.15) is 40.7 Å². The Bertz CT molecular complexity index is 630. The predicted molar refractivity (Wildman–Crippen MR) is 86.0 cm³/mol. The van der Waals surface area contributed by atoms with Crippen molar-refractivity contribution in [2.45, 2.75) is 58.4 Å². The highest BCUT2D eigenvalue weighted by Gasteiger charge is 2.33. The van der Waals surface area contributed by atoms with Gasteiger partial charge in [0.15, 0.2) is 0 Å². The first-order chi connectivity index (χ1) is 9.69. The zero-order valence-corrected chi connectivity index (χ0v) is 14.4. The van der Waals surface area contributed by atoms with Crippen molar-refractivity contribution in [1.82, 2.24) is 4.72 Å². The van der Waals surface area contributed by atoms with Crippen molar-refractivity contribution in [2.24, 2.45) is 11.7 Å². The van der Waals surface area contributed by atoms with Crippen LogP contribution in [0.4, 0.5) is 0 Å². The first-order valence-corrected chi connectivity index (χ1v) is 8.96. The van der Waals surface area contributed by atoms with Crippen molar-refractivity contribution in [3.05, 3.63) is 27.8 Å². The second-order valence-electron chi connectivity index (χ2n) is 6.35. The van der Waals surface area contributed by atoms with Crippen LogP contribution in [0.2, 0.25) is 0 Å². The molecule has 0 amide bonds. The standard InChI is InChI=1S/C16H26N2O2S/c1-9-10(2)12(4)16(13(5)11(9)3)21(19,20)18-15-6-14(7-15)8-17/h14-15,18H,6-8,17H2,1-5H3. The molecule has 0 unspecified atom stereocenters. The zero-order valence-electron chi connectivity index (χ0n) is 13.6. The van der Waals surface area contributed by atoms with Crippen LogP contribution in [-0.4, -0.2) is 21.0 Å². The molecule has 5 heteroatoms. The van der Waals surface area contributed by atoms with E-state index in [1.165, 1.54) is 5.56 Å². The van der Waals surface area contributed by atoms with Gasteiger partial charge in [0.25, 0.3) is 0 Å². The molecule has 0 radical (unpaired) electrons. The molecular weight excluding hydrogens is 284 g/mol. The molecule has 2 rings (SSSR count). The minimum atomic E-state index is -3.47. The Hall–Kier alpha value is -0.910. The molecule has 0 atom stereocenters. The lowest BCUT2D eigenvalue weighted by atomic mass is 9.81. The summed E-state index contributed by atoms with van der Waals surface area (Å²) in [6, 6.07) is 0.0317. The highest BCUT2D eigenvalue weighted by molar-refractivity contribution is 7.89. The number of nitrogens with one attached hydrogen (secondary N) is 1. The smallest absolute Gasteiger partial charge is 0.241 e. The summed E-state index contributed by atoms with van der Waals surface area (Å²) < 4.78 is 28.3. The molecule has 118 valence electrons. The highest BCUT2D eigenvalue weighted by Crippen LogP contribution is 2.32. The molecule has 0 saturated heterocycles. The molecule has 0 bridgehead atoms. The summed E-state index contributed by atoms with van der Waals surface area (Å²) in [7, 11) is -3.47. The van der Waals surface area contributed by atoms with Crippen molar-refractivity contribution < 1.29 is 8.42 Å². The second kappa shape index (κ2) is 5.71. The molecule has 1 aromatic rings. The molecule has 0 aliphatic heterocycles. The third kappa shape index (κ3) is 2.87. The lowest BCUT2D eigenvalue weighted by Gasteiger charge is -2.35. The minimum absolute atomic E-state index is 0.0317. The van der Waals surface area contributed by atoms with Crippen LogP contribution in [0.3, 0.4) is 0 Å². The van der Waals surface area contributed by atoms with E-state index in [0.29, 0.717) is 17.4 Å². The topological polar surface area (TPSA) is 72.2 Å². The van der Waals surface area contributed by atoms with Gasteiger partial charge in [-0.15, -0.1) is 0 Å². The fourth-order valence-electron chi connectivity index (χ4n) is 3.17. The molecule has 0 spiro atoms. The van der Waals surface area contributed by atoms with Gasteiger partial charge in [-0.2, -0.15) is 0 Å². The number of hydrogen-bond donors (Lipinski definition) is 2. The third-order valence-corrected chi connectivity index (χ3v) is 6.88. The van der Waals surface area contributed by atoms with Crippen molar-refractivity contribution in [1.29, 1.82) is 0 Å². The molecule has 3 N–H and O–H groups in total. The fourth-order valence-corrected chi connectivity index (χ4v) is 5.03. The molecule has 1 aliphatic rings. The van der Waals surface area contributed by atoms with Crippen molar-refractivity contribution in [3.8, 4) is 0 Å². The van der Waals surface area contributed by atoms with Crippen LogP contribution >= 0.6 is 0 Å². The van der Waals surface area contributed by atoms with E-state index >= 15 is 0 Å². The van der Waals surface area contributed by atoms with E-state index in [4.69, 9.17) is 5.73 Å². The van der Waals surface area contributed by atoms with Gasteiger partial charge >= 0.3 is 0 Å². The number of nitrogens with two attached hydrogens (primary N) is 1. The molecule has 1 saturated carbocycles. The van der Waals surface area contributed by atoms with Crippen LogP contribution in [-0.2, 0) is 10.0 Å². The summed E-state index contributed by atoms with van der Waals surface area (Å²) in [5, 5.41) is 0. The van der Waals surface area contributed by atoms with Gasteiger partial charge in [-0.05, 0) is 87.7 Å². The van der Waals surface area contributed by atoms with Crippen molar-refractivity contribution >= 4 is 10.0 Å². The maximum Gasteiger partial charge on any atom is 0.241 e. The number of sulfonamides is 1. The zero-order chi connectivity index (χ0) is 15.9. The Morgan fingerprint density at radius 1 is 0.952 bits per heavy atom. The van der Waals surface area contributed by atoms with Crippen LogP contribution in [0.15, 0.2) is 4.90 Å². The van der Waals surface area contributed by atoms with Gasteiger partial charge in [0.2, 0.25) is 10.0 Å². The van der Waals surface area contributed by atoms with E-state index in [9.17, 15) is 8.42 Å². The average Bonchev–Trinajstić information content (AvgIpc) is 2.37. The fraction of sp³-hybridized carbons (Fsp3) is 0.625. The minimum Gasteiger partial charge on any atom is -0.330 e. The van der Waals surface area contributed by atoms with Gasteiger partial charge < -0.3 is 5.73 Å². The summed E-state index contributed by atoms with van der Waals surface area (Å²) in [6.07, 6.45) is 1.69. The van der Waals surface area contributed by atoms with Gasteiger partial charge in [-0.3, -0.25) is 0 Å². The lowest BCUT2D eigenvalue weighted by molar-refractivity contribution is 0.255. The Labute approximate surface area is 128 Å². The average molecular weight is 310 g/mol. The molecule has 1 aromatic carbocycles. The molecule has 1 aliphatic carbocycles. The van der Waals surface area contributed by atoms with E-state index < -0.39 is 10.0 Å². The predicted octanol–water partition coefficient (Wildman–Crippen LogP) is 2.24. The maximum absolute atomic E-state index is 12.7. The summed E-state index contributed by atoms with van der Waals surface area (Å²) in [6.45, 7) is 10.5. The van der Waals surface area contributed by atoms with Crippen molar-refractivity contribution in [3.63, 3.8) is 0 Å². The van der Waals surface area contributed by atoms with Crippen LogP contribution in [0.25, 0.3) is 0 Å². The number of benzene rings is 1. The summed E-state index contributed by atoms with van der Waals surface area (Å²) in [5.74, 6) is 0.460. The summed E-state index contributed by atoms with van der Waals surface area (Å²) in [4.78, 5) is 0.458. The van der Waals surface area contributed by atoms with Gasteiger partial charge in [-0.1, -0.05) is 0 Å². The Kier molecular flexibility index (Phi) is 4.47. The molecule has 21 heavy (non-hydrogen) atoms. The van der Waals surface area contributed by atoms with E-state index in [1.807, 2.05) is 34.6 Å². The first-order valence-electron chi connectivity index (χ1n) is 7.48. The van der Waals surface area contributed by atoms with Crippen LogP contribution in [0, 0.1) is 40.5 Å². The normalized spacial score (nSPS) is 22.2. The van der Waals surface area contributed by atoms with Gasteiger partial charge in [0, 0.05) is 6.04 Å². The highest BCUT2D eigenvalue weighted by atomic mass is 32.2. The van der Waals surface area contributed by atoms with Crippen molar-refractivity contribution in [2.75, 3.05) is 6.54 Å². The first kappa shape index (κ1) is 16.5. The monoisotopic (exact) mass is 310 g/mol. The van der Waals surface area contributed by atoms with Crippen LogP contribution in [0.5, 0.6) is 0 Å². The molecule has 0 aromatic heterocycles. The molecule has 0 heterocycles. The summed E-state index contributed by atoms with van der Waals surface area (Å²) in [5.41, 5.74) is 10.6. The SMILES string of the molecule is Cc1c(C)c(C)c(S(=O)(=O)NC2CC(CN)C2)c(C)c1C. The van der Waals surface area contributed by atoms with E-state index in [-0.39, 0.29) is 6.04 Å². The summed E-state index contributed by atoms with van der Waals surface area (Å²) >= 11 is 0. The van der Waals surface area contributed by atoms with E-state index in [0.717, 1.165) is 35.1 Å². The Morgan fingerprint density at radius 3 is 1.81 bits per heavy atom. The second-order valence-corrected chi connectivity index (χ2v) is 8.00. The van der Waals surface area contributed by atoms with E-state index in [1.54, 1.807) is 0 Å². The van der Waals surface area contributed by atoms with E-state index in [2.05, 4.69) is 4.72 Å². The maximum atomic E-state index is 12.7. The third-order valence-electron chi connectivity index (χ3n) is 5.09.